The lowest BCUT2D eigenvalue weighted by Crippen LogP contribution is -2.26. The van der Waals surface area contributed by atoms with Crippen molar-refractivity contribution in [2.24, 2.45) is 0 Å². The molecule has 98 valence electrons. The van der Waals surface area contributed by atoms with Crippen molar-refractivity contribution in [1.82, 2.24) is 4.57 Å². The van der Waals surface area contributed by atoms with Crippen LogP contribution in [-0.4, -0.2) is 22.2 Å². The number of aromatic nitrogens is 1. The molecule has 4 nitrogen and oxygen atoms in total. The van der Waals surface area contributed by atoms with Crippen LogP contribution in [0, 0.1) is 0 Å². The van der Waals surface area contributed by atoms with Crippen LogP contribution in [0.2, 0.25) is 0 Å². The second-order valence-electron chi connectivity index (χ2n) is 5.21. The Morgan fingerprint density at radius 3 is 2.63 bits per heavy atom. The van der Waals surface area contributed by atoms with Crippen molar-refractivity contribution in [2.45, 2.75) is 26.4 Å². The lowest BCUT2D eigenvalue weighted by molar-refractivity contribution is 0.0544. The largest absolute Gasteiger partial charge is 0.443 e. The summed E-state index contributed by atoms with van der Waals surface area (Å²) in [6.45, 7) is 5.43. The minimum atomic E-state index is -0.566. The van der Waals surface area contributed by atoms with Gasteiger partial charge < -0.3 is 4.74 Å². The Bertz CT molecular complexity index is 670. The summed E-state index contributed by atoms with van der Waals surface area (Å²) in [5, 5.41) is 0.816. The maximum absolute atomic E-state index is 12.1. The first-order valence-corrected chi connectivity index (χ1v) is 5.97. The van der Waals surface area contributed by atoms with E-state index in [0.29, 0.717) is 11.1 Å². The van der Waals surface area contributed by atoms with Crippen LogP contribution in [-0.2, 0) is 9.53 Å². The SMILES string of the molecule is CC(C)(C)OC(=O)n1cc(C=C=O)c2ccccc21. The van der Waals surface area contributed by atoms with Gasteiger partial charge in [-0.15, -0.1) is 0 Å². The van der Waals surface area contributed by atoms with Crippen LogP contribution in [0.5, 0.6) is 0 Å². The summed E-state index contributed by atoms with van der Waals surface area (Å²) in [6, 6.07) is 7.34. The summed E-state index contributed by atoms with van der Waals surface area (Å²) in [5.74, 6) is 1.74. The second kappa shape index (κ2) is 4.75. The smallest absolute Gasteiger partial charge is 0.419 e. The third-order valence-electron chi connectivity index (χ3n) is 2.55. The number of fused-ring (bicyclic) bond motifs is 1. The molecule has 0 atom stereocenters. The fourth-order valence-electron chi connectivity index (χ4n) is 1.85. The van der Waals surface area contributed by atoms with Crippen LogP contribution >= 0.6 is 0 Å². The lowest BCUT2D eigenvalue weighted by Gasteiger charge is -2.19. The summed E-state index contributed by atoms with van der Waals surface area (Å²) < 4.78 is 6.74. The quantitative estimate of drug-likeness (QED) is 0.737. The molecule has 19 heavy (non-hydrogen) atoms. The van der Waals surface area contributed by atoms with Crippen LogP contribution in [0.25, 0.3) is 17.0 Å². The van der Waals surface area contributed by atoms with Crippen molar-refractivity contribution in [1.29, 1.82) is 0 Å². The van der Waals surface area contributed by atoms with Gasteiger partial charge >= 0.3 is 6.09 Å². The first-order valence-electron chi connectivity index (χ1n) is 5.97. The van der Waals surface area contributed by atoms with Crippen LogP contribution in [0.4, 0.5) is 4.79 Å². The number of carbonyl (C=O) groups is 1. The number of rotatable bonds is 1. The van der Waals surface area contributed by atoms with Gasteiger partial charge in [-0.3, -0.25) is 4.57 Å². The number of ether oxygens (including phenoxy) is 1. The van der Waals surface area contributed by atoms with E-state index in [1.807, 2.05) is 39.0 Å². The highest BCUT2D eigenvalue weighted by atomic mass is 16.6. The maximum atomic E-state index is 12.1. The molecule has 0 N–H and O–H groups in total. The van der Waals surface area contributed by atoms with E-state index in [0.717, 1.165) is 5.39 Å². The molecule has 0 aliphatic heterocycles. The summed E-state index contributed by atoms with van der Waals surface area (Å²) in [4.78, 5) is 22.6. The Morgan fingerprint density at radius 2 is 2.00 bits per heavy atom. The predicted octanol–water partition coefficient (Wildman–Crippen LogP) is 3.27. The van der Waals surface area contributed by atoms with Crippen molar-refractivity contribution >= 4 is 29.0 Å². The minimum Gasteiger partial charge on any atom is -0.443 e. The fourth-order valence-corrected chi connectivity index (χ4v) is 1.85. The van der Waals surface area contributed by atoms with Crippen molar-refractivity contribution in [3.05, 3.63) is 36.0 Å². The van der Waals surface area contributed by atoms with Gasteiger partial charge in [0.15, 0.2) is 0 Å². The Balaban J connectivity index is 2.55. The highest BCUT2D eigenvalue weighted by Crippen LogP contribution is 2.23. The van der Waals surface area contributed by atoms with E-state index >= 15 is 0 Å². The van der Waals surface area contributed by atoms with E-state index in [4.69, 9.17) is 4.74 Å². The van der Waals surface area contributed by atoms with E-state index in [9.17, 15) is 9.59 Å². The molecule has 4 heteroatoms. The van der Waals surface area contributed by atoms with Gasteiger partial charge in [0.2, 0.25) is 0 Å². The Labute approximate surface area is 111 Å². The molecule has 0 fully saturated rings. The zero-order valence-electron chi connectivity index (χ0n) is 11.1. The number of hydrogen-bond donors (Lipinski definition) is 0. The average molecular weight is 257 g/mol. The third-order valence-corrected chi connectivity index (χ3v) is 2.55. The first kappa shape index (κ1) is 13.1. The molecule has 0 bridgehead atoms. The van der Waals surface area contributed by atoms with E-state index in [1.165, 1.54) is 10.6 Å². The van der Waals surface area contributed by atoms with E-state index < -0.39 is 11.7 Å². The van der Waals surface area contributed by atoms with Gasteiger partial charge in [0, 0.05) is 23.2 Å². The number of benzene rings is 1. The topological polar surface area (TPSA) is 48.3 Å². The Morgan fingerprint density at radius 1 is 1.32 bits per heavy atom. The molecular formula is C15H15NO3. The van der Waals surface area contributed by atoms with Gasteiger partial charge in [-0.05, 0) is 26.8 Å². The van der Waals surface area contributed by atoms with Crippen molar-refractivity contribution in [3.63, 3.8) is 0 Å². The lowest BCUT2D eigenvalue weighted by atomic mass is 10.2. The molecule has 0 spiro atoms. The van der Waals surface area contributed by atoms with Gasteiger partial charge in [-0.25, -0.2) is 9.59 Å². The second-order valence-corrected chi connectivity index (χ2v) is 5.21. The predicted molar refractivity (Wildman–Crippen MR) is 73.7 cm³/mol. The molecule has 0 unspecified atom stereocenters. The van der Waals surface area contributed by atoms with Gasteiger partial charge in [-0.2, -0.15) is 0 Å². The number of nitrogens with zero attached hydrogens (tertiary/aromatic N) is 1. The van der Waals surface area contributed by atoms with Crippen molar-refractivity contribution < 1.29 is 14.3 Å². The zero-order valence-corrected chi connectivity index (χ0v) is 11.1. The summed E-state index contributed by atoms with van der Waals surface area (Å²) in [6.07, 6.45) is 2.43. The number of carbonyl (C=O) groups excluding carboxylic acids is 2. The fraction of sp³-hybridized carbons (Fsp3) is 0.267. The molecule has 0 aliphatic rings. The summed E-state index contributed by atoms with van der Waals surface area (Å²) >= 11 is 0. The molecule has 0 saturated carbocycles. The molecule has 0 radical (unpaired) electrons. The highest BCUT2D eigenvalue weighted by molar-refractivity contribution is 5.98. The van der Waals surface area contributed by atoms with Crippen LogP contribution < -0.4 is 0 Å². The monoisotopic (exact) mass is 257 g/mol. The minimum absolute atomic E-state index is 0.464. The normalized spacial score (nSPS) is 11.1. The Kier molecular flexibility index (Phi) is 3.28. The summed E-state index contributed by atoms with van der Waals surface area (Å²) in [7, 11) is 0. The molecular weight excluding hydrogens is 242 g/mol. The highest BCUT2D eigenvalue weighted by Gasteiger charge is 2.20. The molecule has 2 rings (SSSR count). The van der Waals surface area contributed by atoms with Crippen LogP contribution in [0.1, 0.15) is 26.3 Å². The molecule has 0 amide bonds. The van der Waals surface area contributed by atoms with E-state index in [-0.39, 0.29) is 0 Å². The van der Waals surface area contributed by atoms with Crippen LogP contribution in [0.3, 0.4) is 0 Å². The molecule has 1 aromatic carbocycles. The number of hydrogen-bond acceptors (Lipinski definition) is 3. The molecule has 0 aliphatic carbocycles. The van der Waals surface area contributed by atoms with Crippen molar-refractivity contribution in [2.75, 3.05) is 0 Å². The van der Waals surface area contributed by atoms with Gasteiger partial charge in [0.05, 0.1) is 5.52 Å². The van der Waals surface area contributed by atoms with Crippen LogP contribution in [0.15, 0.2) is 30.5 Å². The third kappa shape index (κ3) is 2.75. The standard InChI is InChI=1S/C15H15NO3/c1-15(2,3)19-14(18)16-10-11(8-9-17)12-6-4-5-7-13(12)16/h4-8,10H,1-3H3. The van der Waals surface area contributed by atoms with E-state index in [2.05, 4.69) is 0 Å². The first-order chi connectivity index (χ1) is 8.92. The number of para-hydroxylation sites is 1. The maximum Gasteiger partial charge on any atom is 0.419 e. The molecule has 0 saturated heterocycles. The van der Waals surface area contributed by atoms with Gasteiger partial charge in [0.1, 0.15) is 11.5 Å². The van der Waals surface area contributed by atoms with Gasteiger partial charge in [0.25, 0.3) is 0 Å². The zero-order chi connectivity index (χ0) is 14.0. The van der Waals surface area contributed by atoms with Gasteiger partial charge in [-0.1, -0.05) is 18.2 Å². The molecule has 2 aromatic rings. The molecule has 1 aromatic heterocycles. The molecule has 1 heterocycles. The van der Waals surface area contributed by atoms with E-state index in [1.54, 1.807) is 18.2 Å². The average Bonchev–Trinajstić information content (AvgIpc) is 2.67. The summed E-state index contributed by atoms with van der Waals surface area (Å²) in [5.41, 5.74) is 0.790. The Hall–Kier alpha value is -2.32. The van der Waals surface area contributed by atoms with Crippen molar-refractivity contribution in [3.8, 4) is 0 Å².